The molecule has 0 aromatic heterocycles. The second-order valence-corrected chi connectivity index (χ2v) is 4.49. The van der Waals surface area contributed by atoms with Gasteiger partial charge in [0.05, 0.1) is 20.8 Å². The average molecular weight is 286 g/mol. The number of carbonyl (C=O) groups is 1. The lowest BCUT2D eigenvalue weighted by Crippen LogP contribution is -1.84. The quantitative estimate of drug-likeness (QED) is 0.639. The Bertz CT molecular complexity index is 591. The molecule has 3 rings (SSSR count). The van der Waals surface area contributed by atoms with Crippen LogP contribution in [0.1, 0.15) is 22.0 Å². The molecule has 1 unspecified atom stereocenters. The SMILES string of the molecule is COc1cccc(C2CO2)c1.COc1cccc(C=O)c1. The zero-order valence-electron chi connectivity index (χ0n) is 12.1. The van der Waals surface area contributed by atoms with Gasteiger partial charge in [-0.1, -0.05) is 24.3 Å². The number of benzene rings is 2. The molecule has 0 N–H and O–H groups in total. The molecule has 1 aliphatic heterocycles. The molecule has 1 saturated heterocycles. The molecule has 1 heterocycles. The van der Waals surface area contributed by atoms with E-state index in [4.69, 9.17) is 14.2 Å². The van der Waals surface area contributed by atoms with Gasteiger partial charge in [-0.3, -0.25) is 4.79 Å². The molecule has 2 aromatic rings. The third-order valence-corrected chi connectivity index (χ3v) is 3.03. The highest BCUT2D eigenvalue weighted by Crippen LogP contribution is 2.31. The van der Waals surface area contributed by atoms with Gasteiger partial charge in [0.15, 0.2) is 0 Å². The van der Waals surface area contributed by atoms with Crippen molar-refractivity contribution >= 4 is 6.29 Å². The summed E-state index contributed by atoms with van der Waals surface area (Å²) in [5.41, 5.74) is 1.85. The molecular formula is C17H18O4. The van der Waals surface area contributed by atoms with Crippen LogP contribution in [-0.2, 0) is 4.74 Å². The third-order valence-electron chi connectivity index (χ3n) is 3.03. The monoisotopic (exact) mass is 286 g/mol. The van der Waals surface area contributed by atoms with Gasteiger partial charge in [0.1, 0.15) is 23.9 Å². The fourth-order valence-corrected chi connectivity index (χ4v) is 1.80. The molecule has 2 aromatic carbocycles. The smallest absolute Gasteiger partial charge is 0.150 e. The van der Waals surface area contributed by atoms with E-state index in [1.165, 1.54) is 5.56 Å². The summed E-state index contributed by atoms with van der Waals surface area (Å²) in [6.07, 6.45) is 1.12. The average Bonchev–Trinajstić information content (AvgIpc) is 3.40. The molecule has 0 aliphatic carbocycles. The maximum absolute atomic E-state index is 10.2. The molecule has 0 radical (unpaired) electrons. The van der Waals surface area contributed by atoms with Crippen molar-refractivity contribution in [3.8, 4) is 11.5 Å². The van der Waals surface area contributed by atoms with Crippen LogP contribution in [-0.4, -0.2) is 27.1 Å². The fraction of sp³-hybridized carbons (Fsp3) is 0.235. The van der Waals surface area contributed by atoms with Gasteiger partial charge in [-0.05, 0) is 29.8 Å². The number of carbonyl (C=O) groups excluding carboxylic acids is 1. The number of rotatable bonds is 4. The predicted molar refractivity (Wildman–Crippen MR) is 80.1 cm³/mol. The van der Waals surface area contributed by atoms with Crippen molar-refractivity contribution in [1.29, 1.82) is 0 Å². The van der Waals surface area contributed by atoms with E-state index in [1.54, 1.807) is 38.5 Å². The first-order chi connectivity index (χ1) is 10.3. The van der Waals surface area contributed by atoms with Crippen LogP contribution in [0.15, 0.2) is 48.5 Å². The van der Waals surface area contributed by atoms with E-state index in [-0.39, 0.29) is 0 Å². The van der Waals surface area contributed by atoms with Crippen LogP contribution in [0.5, 0.6) is 11.5 Å². The first-order valence-corrected chi connectivity index (χ1v) is 6.61. The van der Waals surface area contributed by atoms with Crippen molar-refractivity contribution in [3.05, 3.63) is 59.7 Å². The second kappa shape index (κ2) is 7.45. The Labute approximate surface area is 124 Å². The lowest BCUT2D eigenvalue weighted by molar-refractivity contribution is 0.112. The summed E-state index contributed by atoms with van der Waals surface area (Å²) in [7, 11) is 3.25. The Balaban J connectivity index is 0.000000155. The summed E-state index contributed by atoms with van der Waals surface area (Å²) in [6.45, 7) is 0.854. The summed E-state index contributed by atoms with van der Waals surface area (Å²) < 4.78 is 15.1. The Morgan fingerprint density at radius 2 is 1.67 bits per heavy atom. The van der Waals surface area contributed by atoms with Crippen molar-refractivity contribution in [2.24, 2.45) is 0 Å². The molecule has 4 heteroatoms. The number of epoxide rings is 1. The van der Waals surface area contributed by atoms with E-state index in [9.17, 15) is 4.79 Å². The van der Waals surface area contributed by atoms with Gasteiger partial charge in [-0.25, -0.2) is 0 Å². The second-order valence-electron chi connectivity index (χ2n) is 4.49. The standard InChI is InChI=1S/C9H10O2.C8H8O2/c1-10-8-4-2-3-7(5-8)9-6-11-9;1-10-8-4-2-3-7(5-8)6-9/h2-5,9H,6H2,1H3;2-6H,1H3. The number of aldehydes is 1. The predicted octanol–water partition coefficient (Wildman–Crippen LogP) is 3.27. The molecule has 110 valence electrons. The molecule has 21 heavy (non-hydrogen) atoms. The fourth-order valence-electron chi connectivity index (χ4n) is 1.80. The molecule has 1 aliphatic rings. The number of hydrogen-bond donors (Lipinski definition) is 0. The van der Waals surface area contributed by atoms with E-state index in [2.05, 4.69) is 6.07 Å². The summed E-state index contributed by atoms with van der Waals surface area (Å²) in [5.74, 6) is 1.61. The lowest BCUT2D eigenvalue weighted by atomic mass is 10.1. The molecule has 0 saturated carbocycles. The molecule has 0 spiro atoms. The van der Waals surface area contributed by atoms with Crippen molar-refractivity contribution < 1.29 is 19.0 Å². The Kier molecular flexibility index (Phi) is 5.35. The van der Waals surface area contributed by atoms with Gasteiger partial charge in [0, 0.05) is 5.56 Å². The molecule has 0 bridgehead atoms. The zero-order chi connectivity index (χ0) is 15.1. The van der Waals surface area contributed by atoms with E-state index >= 15 is 0 Å². The van der Waals surface area contributed by atoms with Gasteiger partial charge >= 0.3 is 0 Å². The van der Waals surface area contributed by atoms with Crippen molar-refractivity contribution in [2.45, 2.75) is 6.10 Å². The van der Waals surface area contributed by atoms with Gasteiger partial charge in [0.2, 0.25) is 0 Å². The first-order valence-electron chi connectivity index (χ1n) is 6.61. The van der Waals surface area contributed by atoms with Crippen LogP contribution in [0.2, 0.25) is 0 Å². The summed E-state index contributed by atoms with van der Waals surface area (Å²) >= 11 is 0. The van der Waals surface area contributed by atoms with Gasteiger partial charge in [0.25, 0.3) is 0 Å². The summed E-state index contributed by atoms with van der Waals surface area (Å²) in [4.78, 5) is 10.2. The van der Waals surface area contributed by atoms with Crippen molar-refractivity contribution in [3.63, 3.8) is 0 Å². The van der Waals surface area contributed by atoms with Crippen molar-refractivity contribution in [2.75, 3.05) is 20.8 Å². The van der Waals surface area contributed by atoms with Crippen LogP contribution >= 0.6 is 0 Å². The molecule has 4 nitrogen and oxygen atoms in total. The Hall–Kier alpha value is -2.33. The number of methoxy groups -OCH3 is 2. The third kappa shape index (κ3) is 4.61. The maximum Gasteiger partial charge on any atom is 0.150 e. The van der Waals surface area contributed by atoms with Gasteiger partial charge in [-0.2, -0.15) is 0 Å². The number of hydrogen-bond acceptors (Lipinski definition) is 4. The van der Waals surface area contributed by atoms with Crippen LogP contribution in [0.3, 0.4) is 0 Å². The summed E-state index contributed by atoms with van der Waals surface area (Å²) in [6, 6.07) is 15.0. The van der Waals surface area contributed by atoms with Gasteiger partial charge < -0.3 is 14.2 Å². The largest absolute Gasteiger partial charge is 0.497 e. The highest BCUT2D eigenvalue weighted by molar-refractivity contribution is 5.75. The minimum Gasteiger partial charge on any atom is -0.497 e. The van der Waals surface area contributed by atoms with E-state index < -0.39 is 0 Å². The first kappa shape index (κ1) is 15.1. The summed E-state index contributed by atoms with van der Waals surface area (Å²) in [5, 5.41) is 0. The molecule has 1 atom stereocenters. The maximum atomic E-state index is 10.2. The Morgan fingerprint density at radius 1 is 1.05 bits per heavy atom. The molecular weight excluding hydrogens is 268 g/mol. The van der Waals surface area contributed by atoms with E-state index in [0.717, 1.165) is 18.6 Å². The zero-order valence-corrected chi connectivity index (χ0v) is 12.1. The Morgan fingerprint density at radius 3 is 2.24 bits per heavy atom. The lowest BCUT2D eigenvalue weighted by Gasteiger charge is -2.00. The van der Waals surface area contributed by atoms with Crippen LogP contribution < -0.4 is 9.47 Å². The van der Waals surface area contributed by atoms with E-state index in [1.807, 2.05) is 18.2 Å². The van der Waals surface area contributed by atoms with Crippen LogP contribution in [0.25, 0.3) is 0 Å². The minimum absolute atomic E-state index is 0.324. The van der Waals surface area contributed by atoms with Gasteiger partial charge in [-0.15, -0.1) is 0 Å². The van der Waals surface area contributed by atoms with Crippen LogP contribution in [0.4, 0.5) is 0 Å². The van der Waals surface area contributed by atoms with Crippen LogP contribution in [0, 0.1) is 0 Å². The number of ether oxygens (including phenoxy) is 3. The minimum atomic E-state index is 0.324. The highest BCUT2D eigenvalue weighted by atomic mass is 16.6. The van der Waals surface area contributed by atoms with Crippen molar-refractivity contribution in [1.82, 2.24) is 0 Å². The normalized spacial score (nSPS) is 15.4. The molecule has 0 amide bonds. The topological polar surface area (TPSA) is 48.1 Å². The molecule has 1 fully saturated rings. The van der Waals surface area contributed by atoms with E-state index in [0.29, 0.717) is 17.4 Å². The highest BCUT2D eigenvalue weighted by Gasteiger charge is 2.24.